The molecule has 1 heterocycles. The van der Waals surface area contributed by atoms with E-state index in [0.29, 0.717) is 35.9 Å². The first-order valence-electron chi connectivity index (χ1n) is 10.7. The van der Waals surface area contributed by atoms with Crippen LogP contribution in [0.25, 0.3) is 0 Å². The molecule has 1 aromatic carbocycles. The zero-order valence-electron chi connectivity index (χ0n) is 18.7. The highest BCUT2D eigenvalue weighted by molar-refractivity contribution is 7.17. The number of amides is 2. The van der Waals surface area contributed by atoms with Gasteiger partial charge in [-0.15, -0.1) is 11.3 Å². The molecule has 0 bridgehead atoms. The zero-order chi connectivity index (χ0) is 22.6. The van der Waals surface area contributed by atoms with Gasteiger partial charge in [0.25, 0.3) is 5.91 Å². The van der Waals surface area contributed by atoms with E-state index in [1.165, 1.54) is 16.2 Å². The number of thiophene rings is 1. The number of anilines is 1. The van der Waals surface area contributed by atoms with E-state index in [2.05, 4.69) is 26.1 Å². The maximum Gasteiger partial charge on any atom is 0.251 e. The van der Waals surface area contributed by atoms with Crippen LogP contribution in [0.1, 0.15) is 60.8 Å². The van der Waals surface area contributed by atoms with Gasteiger partial charge < -0.3 is 20.5 Å². The average Bonchev–Trinajstić information content (AvgIpc) is 3.08. The van der Waals surface area contributed by atoms with Gasteiger partial charge in [0.2, 0.25) is 5.91 Å². The number of primary amides is 1. The molecule has 0 saturated carbocycles. The fourth-order valence-corrected chi connectivity index (χ4v) is 5.31. The van der Waals surface area contributed by atoms with Gasteiger partial charge in [-0.25, -0.2) is 0 Å². The van der Waals surface area contributed by atoms with Gasteiger partial charge in [-0.1, -0.05) is 20.8 Å². The van der Waals surface area contributed by atoms with E-state index in [-0.39, 0.29) is 11.3 Å². The van der Waals surface area contributed by atoms with Crippen molar-refractivity contribution < 1.29 is 19.1 Å². The third-order valence-corrected chi connectivity index (χ3v) is 7.04. The van der Waals surface area contributed by atoms with Crippen LogP contribution < -0.4 is 20.5 Å². The van der Waals surface area contributed by atoms with Crippen LogP contribution in [0, 0.1) is 11.3 Å². The summed E-state index contributed by atoms with van der Waals surface area (Å²) in [4.78, 5) is 25.8. The Bertz CT molecular complexity index is 928. The summed E-state index contributed by atoms with van der Waals surface area (Å²) in [5.41, 5.74) is 7.40. The highest BCUT2D eigenvalue weighted by Crippen LogP contribution is 2.44. The normalized spacial score (nSPS) is 15.8. The Morgan fingerprint density at radius 3 is 2.48 bits per heavy atom. The number of carbonyl (C=O) groups excluding carboxylic acids is 2. The number of ether oxygens (including phenoxy) is 2. The van der Waals surface area contributed by atoms with Crippen LogP contribution in [0.15, 0.2) is 24.3 Å². The highest BCUT2D eigenvalue weighted by Gasteiger charge is 2.33. The molecule has 2 amide bonds. The Labute approximate surface area is 188 Å². The van der Waals surface area contributed by atoms with Gasteiger partial charge in [0.15, 0.2) is 0 Å². The molecule has 6 nitrogen and oxygen atoms in total. The van der Waals surface area contributed by atoms with Crippen LogP contribution in [0.4, 0.5) is 5.00 Å². The van der Waals surface area contributed by atoms with E-state index in [4.69, 9.17) is 15.2 Å². The number of nitrogens with one attached hydrogen (secondary N) is 1. The first-order chi connectivity index (χ1) is 14.7. The molecule has 2 aromatic rings. The van der Waals surface area contributed by atoms with Gasteiger partial charge in [-0.3, -0.25) is 9.59 Å². The number of benzene rings is 1. The van der Waals surface area contributed by atoms with E-state index in [1.807, 2.05) is 24.3 Å². The largest absolute Gasteiger partial charge is 0.497 e. The van der Waals surface area contributed by atoms with Crippen LogP contribution in [-0.4, -0.2) is 25.5 Å². The average molecular weight is 445 g/mol. The summed E-state index contributed by atoms with van der Waals surface area (Å²) in [6, 6.07) is 7.32. The summed E-state index contributed by atoms with van der Waals surface area (Å²) in [6.07, 6.45) is 3.67. The quantitative estimate of drug-likeness (QED) is 0.572. The van der Waals surface area contributed by atoms with Crippen LogP contribution in [0.2, 0.25) is 0 Å². The summed E-state index contributed by atoms with van der Waals surface area (Å²) in [5, 5.41) is 3.51. The second kappa shape index (κ2) is 9.73. The van der Waals surface area contributed by atoms with Crippen molar-refractivity contribution in [2.24, 2.45) is 17.1 Å². The Balaban J connectivity index is 1.57. The van der Waals surface area contributed by atoms with Gasteiger partial charge in [0.1, 0.15) is 16.5 Å². The molecule has 3 rings (SSSR count). The lowest BCUT2D eigenvalue weighted by atomic mass is 9.72. The lowest BCUT2D eigenvalue weighted by molar-refractivity contribution is -0.116. The van der Waals surface area contributed by atoms with Crippen LogP contribution in [-0.2, 0) is 17.6 Å². The Morgan fingerprint density at radius 2 is 1.87 bits per heavy atom. The fraction of sp³-hybridized carbons (Fsp3) is 0.500. The Morgan fingerprint density at radius 1 is 1.19 bits per heavy atom. The SMILES string of the molecule is COc1ccc(OCCCC(=O)Nc2sc3c(c2C(N)=O)CCC(C(C)(C)C)C3)cc1. The number of rotatable bonds is 8. The van der Waals surface area contributed by atoms with Crippen molar-refractivity contribution in [3.05, 3.63) is 40.3 Å². The van der Waals surface area contributed by atoms with Gasteiger partial charge in [-0.2, -0.15) is 0 Å². The lowest BCUT2D eigenvalue weighted by Crippen LogP contribution is -2.27. The summed E-state index contributed by atoms with van der Waals surface area (Å²) >= 11 is 1.50. The molecule has 1 unspecified atom stereocenters. The molecule has 168 valence electrons. The second-order valence-corrected chi connectivity index (χ2v) is 10.2. The first kappa shape index (κ1) is 23.1. The Kier molecular flexibility index (Phi) is 7.26. The van der Waals surface area contributed by atoms with E-state index in [0.717, 1.165) is 36.3 Å². The van der Waals surface area contributed by atoms with Crippen molar-refractivity contribution in [3.8, 4) is 11.5 Å². The molecule has 1 aliphatic carbocycles. The molecule has 0 saturated heterocycles. The van der Waals surface area contributed by atoms with Crippen molar-refractivity contribution in [1.29, 1.82) is 0 Å². The smallest absolute Gasteiger partial charge is 0.251 e. The molecule has 1 aliphatic rings. The molecule has 0 fully saturated rings. The van der Waals surface area contributed by atoms with Crippen LogP contribution in [0.5, 0.6) is 11.5 Å². The zero-order valence-corrected chi connectivity index (χ0v) is 19.6. The first-order valence-corrected chi connectivity index (χ1v) is 11.5. The molecular formula is C24H32N2O4S. The standard InChI is InChI=1S/C24H32N2O4S/c1-24(2,3)15-7-12-18-19(14-15)31-23(21(18)22(25)28)26-20(27)6-5-13-30-17-10-8-16(29-4)9-11-17/h8-11,15H,5-7,12-14H2,1-4H3,(H2,25,28)(H,26,27). The topological polar surface area (TPSA) is 90.7 Å². The monoisotopic (exact) mass is 444 g/mol. The minimum absolute atomic E-state index is 0.133. The second-order valence-electron chi connectivity index (χ2n) is 9.05. The molecule has 3 N–H and O–H groups in total. The summed E-state index contributed by atoms with van der Waals surface area (Å²) in [6.45, 7) is 7.18. The van der Waals surface area contributed by atoms with E-state index < -0.39 is 5.91 Å². The molecular weight excluding hydrogens is 412 g/mol. The van der Waals surface area contributed by atoms with Crippen molar-refractivity contribution in [1.82, 2.24) is 0 Å². The van der Waals surface area contributed by atoms with E-state index in [9.17, 15) is 9.59 Å². The number of fused-ring (bicyclic) bond motifs is 1. The maximum absolute atomic E-state index is 12.5. The summed E-state index contributed by atoms with van der Waals surface area (Å²) < 4.78 is 10.8. The minimum Gasteiger partial charge on any atom is -0.497 e. The van der Waals surface area contributed by atoms with Crippen molar-refractivity contribution in [2.75, 3.05) is 19.0 Å². The Hall–Kier alpha value is -2.54. The number of methoxy groups -OCH3 is 1. The molecule has 1 atom stereocenters. The molecule has 0 aliphatic heterocycles. The highest BCUT2D eigenvalue weighted by atomic mass is 32.1. The lowest BCUT2D eigenvalue weighted by Gasteiger charge is -2.33. The molecule has 0 spiro atoms. The van der Waals surface area contributed by atoms with Gasteiger partial charge >= 0.3 is 0 Å². The van der Waals surface area contributed by atoms with Gasteiger partial charge in [0, 0.05) is 11.3 Å². The van der Waals surface area contributed by atoms with Crippen molar-refractivity contribution in [2.45, 2.75) is 52.9 Å². The number of nitrogens with two attached hydrogens (primary N) is 1. The van der Waals surface area contributed by atoms with Crippen LogP contribution >= 0.6 is 11.3 Å². The molecule has 31 heavy (non-hydrogen) atoms. The predicted molar refractivity (Wildman–Crippen MR) is 124 cm³/mol. The third kappa shape index (κ3) is 5.79. The van der Waals surface area contributed by atoms with Crippen LogP contribution in [0.3, 0.4) is 0 Å². The molecule has 1 aromatic heterocycles. The maximum atomic E-state index is 12.5. The van der Waals surface area contributed by atoms with Crippen molar-refractivity contribution >= 4 is 28.2 Å². The fourth-order valence-electron chi connectivity index (χ4n) is 3.96. The molecule has 7 heteroatoms. The minimum atomic E-state index is -0.468. The van der Waals surface area contributed by atoms with E-state index in [1.54, 1.807) is 7.11 Å². The summed E-state index contributed by atoms with van der Waals surface area (Å²) in [7, 11) is 1.62. The molecule has 0 radical (unpaired) electrons. The number of hydrogen-bond acceptors (Lipinski definition) is 5. The summed E-state index contributed by atoms with van der Waals surface area (Å²) in [5.74, 6) is 1.45. The van der Waals surface area contributed by atoms with Gasteiger partial charge in [0.05, 0.1) is 19.3 Å². The van der Waals surface area contributed by atoms with Crippen molar-refractivity contribution in [3.63, 3.8) is 0 Å². The predicted octanol–water partition coefficient (Wildman–Crippen LogP) is 4.80. The van der Waals surface area contributed by atoms with E-state index >= 15 is 0 Å². The third-order valence-electron chi connectivity index (χ3n) is 5.87. The van der Waals surface area contributed by atoms with Gasteiger partial charge in [-0.05, 0) is 66.8 Å². The number of hydrogen-bond donors (Lipinski definition) is 2. The number of carbonyl (C=O) groups is 2.